The van der Waals surface area contributed by atoms with E-state index in [2.05, 4.69) is 31.4 Å². The zero-order valence-electron chi connectivity index (χ0n) is 28.4. The number of rotatable bonds is 3. The number of carbonyl (C=O) groups excluding carboxylic acids is 2. The summed E-state index contributed by atoms with van der Waals surface area (Å²) in [6, 6.07) is 10.5. The van der Waals surface area contributed by atoms with Crippen molar-refractivity contribution in [3.05, 3.63) is 64.7 Å². The molecule has 2 aliphatic carbocycles. The topological polar surface area (TPSA) is 119 Å². The highest BCUT2D eigenvalue weighted by molar-refractivity contribution is 7.92. The van der Waals surface area contributed by atoms with Gasteiger partial charge in [0.25, 0.3) is 5.91 Å². The van der Waals surface area contributed by atoms with Gasteiger partial charge in [0.15, 0.2) is 9.92 Å². The molecule has 6 rings (SSSR count). The van der Waals surface area contributed by atoms with Gasteiger partial charge in [-0.1, -0.05) is 29.8 Å². The number of benzene rings is 2. The molecule has 10 nitrogen and oxygen atoms in total. The zero-order chi connectivity index (χ0) is 34.3. The third kappa shape index (κ3) is 6.97. The maximum Gasteiger partial charge on any atom is 0.327 e. The molecule has 2 N–H and O–H groups in total. The van der Waals surface area contributed by atoms with Crippen LogP contribution in [-0.4, -0.2) is 67.3 Å². The van der Waals surface area contributed by atoms with Crippen molar-refractivity contribution in [3.63, 3.8) is 0 Å². The van der Waals surface area contributed by atoms with Crippen LogP contribution in [0.25, 0.3) is 0 Å². The van der Waals surface area contributed by atoms with E-state index in [0.29, 0.717) is 30.7 Å². The van der Waals surface area contributed by atoms with E-state index in [9.17, 15) is 13.8 Å². The molecule has 2 aliphatic heterocycles. The first-order valence-corrected chi connectivity index (χ1v) is 18.8. The highest BCUT2D eigenvalue weighted by Gasteiger charge is 2.44. The largest absolute Gasteiger partial charge is 0.490 e. The molecule has 4 aliphatic rings. The zero-order valence-corrected chi connectivity index (χ0v) is 30.0. The number of urea groups is 1. The maximum absolute atomic E-state index is 14.8. The van der Waals surface area contributed by atoms with Crippen LogP contribution in [0.3, 0.4) is 0 Å². The normalized spacial score (nSPS) is 30.5. The highest BCUT2D eigenvalue weighted by atomic mass is 35.5. The molecule has 12 heteroatoms. The van der Waals surface area contributed by atoms with Crippen molar-refractivity contribution in [3.8, 4) is 5.75 Å². The van der Waals surface area contributed by atoms with Crippen molar-refractivity contribution in [1.82, 2.24) is 10.0 Å². The van der Waals surface area contributed by atoms with Crippen LogP contribution >= 0.6 is 11.6 Å². The molecule has 0 radical (unpaired) electrons. The van der Waals surface area contributed by atoms with E-state index < -0.39 is 27.5 Å². The number of amides is 3. The summed E-state index contributed by atoms with van der Waals surface area (Å²) in [5.74, 6) is 0.522. The standard InChI is InChI=1S/C36H47ClN4O6S/c1-23(2)38-34(43)40-48(44)27-12-15-32-30(19-27)41(21-36(22-46-32)16-6-8-24-18-26(37)11-14-29(24)36)20-25-10-13-28(25)31(45-5)9-7-17-47-35(3,4)33(42)39-48/h7,9,11-12,14-15,18-19,23,25,28,31H,6,8,10,13,16-17,20-22H2,1-5H3,(H2,38,39,40,42,43,44)/b9-7+/t25-,28+,31-,36-,48-/m0/s1. The lowest BCUT2D eigenvalue weighted by Gasteiger charge is -2.46. The van der Waals surface area contributed by atoms with Gasteiger partial charge in [0.2, 0.25) is 0 Å². The Labute approximate surface area is 289 Å². The van der Waals surface area contributed by atoms with Crippen LogP contribution in [0, 0.1) is 11.8 Å². The van der Waals surface area contributed by atoms with Crippen LogP contribution in [0.1, 0.15) is 64.5 Å². The number of carbonyl (C=O) groups is 2. The Morgan fingerprint density at radius 3 is 2.73 bits per heavy atom. The first-order valence-electron chi connectivity index (χ1n) is 16.9. The Morgan fingerprint density at radius 1 is 1.19 bits per heavy atom. The van der Waals surface area contributed by atoms with Crippen molar-refractivity contribution in [2.75, 3.05) is 38.3 Å². The average Bonchev–Trinajstić information content (AvgIpc) is 3.16. The molecule has 2 heterocycles. The van der Waals surface area contributed by atoms with Gasteiger partial charge in [-0.25, -0.2) is 13.7 Å². The molecular formula is C36H47ClN4O6S. The molecular weight excluding hydrogens is 652 g/mol. The molecule has 0 unspecified atom stereocenters. The Balaban J connectivity index is 1.50. The van der Waals surface area contributed by atoms with Gasteiger partial charge < -0.3 is 24.4 Å². The van der Waals surface area contributed by atoms with Crippen molar-refractivity contribution >= 4 is 39.1 Å². The molecule has 0 saturated heterocycles. The Hall–Kier alpha value is -3.12. The van der Waals surface area contributed by atoms with Gasteiger partial charge in [-0.05, 0) is 113 Å². The van der Waals surface area contributed by atoms with E-state index in [4.69, 9.17) is 25.8 Å². The highest BCUT2D eigenvalue weighted by Crippen LogP contribution is 2.47. The molecule has 2 aromatic rings. The Morgan fingerprint density at radius 2 is 2.00 bits per heavy atom. The number of hydrogen-bond donors (Lipinski definition) is 2. The molecule has 5 atom stereocenters. The third-order valence-corrected chi connectivity index (χ3v) is 12.2. The predicted octanol–water partition coefficient (Wildman–Crippen LogP) is 6.20. The van der Waals surface area contributed by atoms with Crippen molar-refractivity contribution in [2.24, 2.45) is 16.2 Å². The average molecular weight is 699 g/mol. The minimum Gasteiger partial charge on any atom is -0.490 e. The quantitative estimate of drug-likeness (QED) is 0.367. The molecule has 2 aromatic carbocycles. The minimum absolute atomic E-state index is 0.105. The Kier molecular flexibility index (Phi) is 9.88. The van der Waals surface area contributed by atoms with E-state index in [-0.39, 0.29) is 29.1 Å². The van der Waals surface area contributed by atoms with E-state index in [1.54, 1.807) is 53.0 Å². The first-order chi connectivity index (χ1) is 22.8. The van der Waals surface area contributed by atoms with Crippen LogP contribution in [0.15, 0.2) is 57.8 Å². The smallest absolute Gasteiger partial charge is 0.327 e. The fourth-order valence-corrected chi connectivity index (χ4v) is 9.24. The second-order valence-corrected chi connectivity index (χ2v) is 16.7. The number of nitrogens with one attached hydrogen (secondary N) is 2. The van der Waals surface area contributed by atoms with E-state index in [1.807, 2.05) is 18.2 Å². The summed E-state index contributed by atoms with van der Waals surface area (Å²) in [6.45, 7) is 8.78. The van der Waals surface area contributed by atoms with Gasteiger partial charge in [-0.3, -0.25) is 4.79 Å². The number of ether oxygens (including phenoxy) is 3. The van der Waals surface area contributed by atoms with Crippen molar-refractivity contribution in [2.45, 2.75) is 87.9 Å². The monoisotopic (exact) mass is 698 g/mol. The van der Waals surface area contributed by atoms with Gasteiger partial charge >= 0.3 is 6.03 Å². The van der Waals surface area contributed by atoms with Crippen LogP contribution in [-0.2, 0) is 36.0 Å². The van der Waals surface area contributed by atoms with Crippen LogP contribution < -0.4 is 19.7 Å². The first kappa shape index (κ1) is 34.7. The number of nitrogens with zero attached hydrogens (tertiary/aromatic N) is 2. The summed E-state index contributed by atoms with van der Waals surface area (Å²) in [5.41, 5.74) is 1.54. The summed E-state index contributed by atoms with van der Waals surface area (Å²) in [7, 11) is -2.08. The van der Waals surface area contributed by atoms with Gasteiger partial charge in [0, 0.05) is 36.7 Å². The SMILES string of the molecule is CO[C@H]1/C=C/COC(C)(C)C(=O)N=[S@](=O)(NC(=O)NC(C)C)c2ccc3c(c2)N(C[C@@H]2CC[C@H]21)C[C@@]1(CCCc2cc(Cl)ccc21)CO3. The molecule has 2 bridgehead atoms. The van der Waals surface area contributed by atoms with Crippen LogP contribution in [0.4, 0.5) is 10.5 Å². The fourth-order valence-electron chi connectivity index (χ4n) is 7.49. The fraction of sp³-hybridized carbons (Fsp3) is 0.556. The van der Waals surface area contributed by atoms with Gasteiger partial charge in [-0.2, -0.15) is 0 Å². The van der Waals surface area contributed by atoms with Gasteiger partial charge in [0.1, 0.15) is 11.4 Å². The molecule has 48 heavy (non-hydrogen) atoms. The van der Waals surface area contributed by atoms with Crippen LogP contribution in [0.5, 0.6) is 5.75 Å². The predicted molar refractivity (Wildman–Crippen MR) is 187 cm³/mol. The second kappa shape index (κ2) is 13.7. The number of aryl methyl sites for hydroxylation is 1. The number of anilines is 1. The number of halogens is 1. The molecule has 0 aromatic heterocycles. The molecule has 1 spiro atoms. The van der Waals surface area contributed by atoms with E-state index >= 15 is 0 Å². The Bertz CT molecular complexity index is 1720. The lowest BCUT2D eigenvalue weighted by molar-refractivity contribution is -0.137. The lowest BCUT2D eigenvalue weighted by atomic mass is 9.68. The molecule has 1 saturated carbocycles. The van der Waals surface area contributed by atoms with Crippen molar-refractivity contribution < 1.29 is 28.0 Å². The van der Waals surface area contributed by atoms with E-state index in [0.717, 1.165) is 49.4 Å². The number of hydrogen-bond acceptors (Lipinski definition) is 7. The number of fused-ring (bicyclic) bond motifs is 4. The molecule has 3 amide bonds. The summed E-state index contributed by atoms with van der Waals surface area (Å²) < 4.78 is 40.1. The molecule has 260 valence electrons. The number of methoxy groups -OCH3 is 1. The summed E-state index contributed by atoms with van der Waals surface area (Å²) in [6.07, 6.45) is 8.78. The van der Waals surface area contributed by atoms with Crippen LogP contribution in [0.2, 0.25) is 5.02 Å². The second-order valence-electron chi connectivity index (χ2n) is 14.3. The van der Waals surface area contributed by atoms with Gasteiger partial charge in [0.05, 0.1) is 29.9 Å². The molecule has 1 fully saturated rings. The summed E-state index contributed by atoms with van der Waals surface area (Å²) in [4.78, 5) is 29.2. The third-order valence-electron chi connectivity index (χ3n) is 10.2. The van der Waals surface area contributed by atoms with Crippen molar-refractivity contribution in [1.29, 1.82) is 0 Å². The summed E-state index contributed by atoms with van der Waals surface area (Å²) in [5, 5.41) is 3.44. The summed E-state index contributed by atoms with van der Waals surface area (Å²) >= 11 is 6.45. The minimum atomic E-state index is -3.81. The lowest BCUT2D eigenvalue weighted by Crippen LogP contribution is -2.49. The maximum atomic E-state index is 14.8. The van der Waals surface area contributed by atoms with E-state index in [1.165, 1.54) is 11.1 Å². The van der Waals surface area contributed by atoms with Gasteiger partial charge in [-0.15, -0.1) is 4.36 Å².